The van der Waals surface area contributed by atoms with E-state index in [0.29, 0.717) is 13.1 Å². The number of ether oxygens (including phenoxy) is 1. The number of hydrogen-bond acceptors (Lipinski definition) is 4. The molecule has 128 valence electrons. The molecule has 1 saturated heterocycles. The number of amides is 1. The highest BCUT2D eigenvalue weighted by atomic mass is 16.6. The normalized spacial score (nSPS) is 15.6. The summed E-state index contributed by atoms with van der Waals surface area (Å²) in [6.07, 6.45) is -0.232. The first-order valence-corrected chi connectivity index (χ1v) is 8.35. The zero-order valence-corrected chi connectivity index (χ0v) is 14.6. The Balaban J connectivity index is 1.74. The van der Waals surface area contributed by atoms with E-state index in [-0.39, 0.29) is 6.09 Å². The first kappa shape index (κ1) is 16.4. The summed E-state index contributed by atoms with van der Waals surface area (Å²) in [4.78, 5) is 16.3. The Morgan fingerprint density at radius 2 is 1.62 bits per heavy atom. The second kappa shape index (κ2) is 6.23. The van der Waals surface area contributed by atoms with Gasteiger partial charge in [0.25, 0.3) is 0 Å². The molecule has 0 aromatic heterocycles. The summed E-state index contributed by atoms with van der Waals surface area (Å²) >= 11 is 0. The first-order valence-electron chi connectivity index (χ1n) is 8.35. The number of rotatable bonds is 1. The Morgan fingerprint density at radius 3 is 2.25 bits per heavy atom. The van der Waals surface area contributed by atoms with Crippen molar-refractivity contribution < 1.29 is 9.53 Å². The fraction of sp³-hybridized carbons (Fsp3) is 0.421. The van der Waals surface area contributed by atoms with E-state index in [1.807, 2.05) is 45.0 Å². The zero-order chi connectivity index (χ0) is 17.3. The first-order chi connectivity index (χ1) is 11.3. The predicted octanol–water partition coefficient (Wildman–Crippen LogP) is 3.48. The van der Waals surface area contributed by atoms with Gasteiger partial charge in [0.2, 0.25) is 0 Å². The number of hydrogen-bond donors (Lipinski definition) is 1. The quantitative estimate of drug-likeness (QED) is 0.815. The smallest absolute Gasteiger partial charge is 0.410 e. The Hall–Kier alpha value is -2.43. The molecule has 1 fully saturated rings. The van der Waals surface area contributed by atoms with Crippen molar-refractivity contribution in [1.29, 1.82) is 0 Å². The van der Waals surface area contributed by atoms with Gasteiger partial charge in [-0.25, -0.2) is 4.79 Å². The molecule has 0 atom stereocenters. The summed E-state index contributed by atoms with van der Waals surface area (Å²) in [6, 6.07) is 12.2. The lowest BCUT2D eigenvalue weighted by Crippen LogP contribution is -2.50. The van der Waals surface area contributed by atoms with Crippen molar-refractivity contribution in [3.05, 3.63) is 36.4 Å². The third-order valence-corrected chi connectivity index (χ3v) is 4.21. The lowest BCUT2D eigenvalue weighted by Gasteiger charge is -2.37. The Labute approximate surface area is 143 Å². The second-order valence-corrected chi connectivity index (χ2v) is 7.17. The highest BCUT2D eigenvalue weighted by Gasteiger charge is 2.26. The van der Waals surface area contributed by atoms with E-state index < -0.39 is 5.60 Å². The van der Waals surface area contributed by atoms with Crippen molar-refractivity contribution in [2.75, 3.05) is 36.8 Å². The molecule has 1 heterocycles. The van der Waals surface area contributed by atoms with E-state index in [1.54, 1.807) is 4.90 Å². The topological polar surface area (TPSA) is 58.8 Å². The van der Waals surface area contributed by atoms with Crippen LogP contribution in [0.15, 0.2) is 36.4 Å². The van der Waals surface area contributed by atoms with Crippen LogP contribution in [0.2, 0.25) is 0 Å². The molecule has 0 bridgehead atoms. The van der Waals surface area contributed by atoms with Gasteiger partial charge in [0.15, 0.2) is 0 Å². The SMILES string of the molecule is CC(C)(C)OC(=O)N1CCN(c2ccc(N)c3ccccc23)CC1. The standard InChI is InChI=1S/C19H25N3O2/c1-19(2,3)24-18(23)22-12-10-21(11-13-22)17-9-8-16(20)14-6-4-5-7-15(14)17/h4-9H,10-13,20H2,1-3H3. The molecule has 1 amide bonds. The molecule has 3 rings (SSSR count). The molecule has 5 nitrogen and oxygen atoms in total. The van der Waals surface area contributed by atoms with Gasteiger partial charge in [-0.2, -0.15) is 0 Å². The monoisotopic (exact) mass is 327 g/mol. The van der Waals surface area contributed by atoms with Crippen LogP contribution >= 0.6 is 0 Å². The molecule has 2 aromatic rings. The predicted molar refractivity (Wildman–Crippen MR) is 98.4 cm³/mol. The summed E-state index contributed by atoms with van der Waals surface area (Å²) in [6.45, 7) is 8.56. The van der Waals surface area contributed by atoms with Gasteiger partial charge in [0.05, 0.1) is 0 Å². The number of benzene rings is 2. The molecule has 1 aliphatic rings. The van der Waals surface area contributed by atoms with Gasteiger partial charge in [-0.3, -0.25) is 0 Å². The van der Waals surface area contributed by atoms with Crippen LogP contribution in [0.4, 0.5) is 16.2 Å². The summed E-state index contributed by atoms with van der Waals surface area (Å²) < 4.78 is 5.46. The van der Waals surface area contributed by atoms with Crippen LogP contribution in [0.1, 0.15) is 20.8 Å². The van der Waals surface area contributed by atoms with Gasteiger partial charge in [-0.1, -0.05) is 24.3 Å². The molecule has 5 heteroatoms. The summed E-state index contributed by atoms with van der Waals surface area (Å²) in [5, 5.41) is 2.23. The van der Waals surface area contributed by atoms with Crippen LogP contribution < -0.4 is 10.6 Å². The van der Waals surface area contributed by atoms with E-state index in [2.05, 4.69) is 17.0 Å². The number of piperazine rings is 1. The Kier molecular flexibility index (Phi) is 4.26. The summed E-state index contributed by atoms with van der Waals surface area (Å²) in [5.41, 5.74) is 7.59. The Morgan fingerprint density at radius 1 is 1.00 bits per heavy atom. The van der Waals surface area contributed by atoms with Gasteiger partial charge in [0, 0.05) is 48.3 Å². The maximum absolute atomic E-state index is 12.2. The van der Waals surface area contributed by atoms with E-state index in [4.69, 9.17) is 10.5 Å². The summed E-state index contributed by atoms with van der Waals surface area (Å²) in [7, 11) is 0. The van der Waals surface area contributed by atoms with E-state index in [9.17, 15) is 4.79 Å². The number of nitrogen functional groups attached to an aromatic ring is 1. The van der Waals surface area contributed by atoms with Crippen LogP contribution in [-0.4, -0.2) is 42.8 Å². The van der Waals surface area contributed by atoms with Gasteiger partial charge >= 0.3 is 6.09 Å². The highest BCUT2D eigenvalue weighted by molar-refractivity contribution is 6.01. The maximum atomic E-state index is 12.2. The lowest BCUT2D eigenvalue weighted by molar-refractivity contribution is 0.0241. The fourth-order valence-electron chi connectivity index (χ4n) is 3.04. The van der Waals surface area contributed by atoms with Crippen LogP contribution in [0.3, 0.4) is 0 Å². The van der Waals surface area contributed by atoms with E-state index >= 15 is 0 Å². The molecule has 1 aliphatic heterocycles. The van der Waals surface area contributed by atoms with Gasteiger partial charge in [-0.15, -0.1) is 0 Å². The largest absolute Gasteiger partial charge is 0.444 e. The number of carbonyl (C=O) groups excluding carboxylic acids is 1. The number of anilines is 2. The van der Waals surface area contributed by atoms with Crippen molar-refractivity contribution in [2.45, 2.75) is 26.4 Å². The third-order valence-electron chi connectivity index (χ3n) is 4.21. The van der Waals surface area contributed by atoms with Crippen molar-refractivity contribution in [1.82, 2.24) is 4.90 Å². The summed E-state index contributed by atoms with van der Waals surface area (Å²) in [5.74, 6) is 0. The molecule has 0 saturated carbocycles. The van der Waals surface area contributed by atoms with Crippen LogP contribution in [0.25, 0.3) is 10.8 Å². The minimum atomic E-state index is -0.457. The minimum absolute atomic E-state index is 0.232. The van der Waals surface area contributed by atoms with Gasteiger partial charge in [0.1, 0.15) is 5.60 Å². The number of nitrogens with zero attached hydrogens (tertiary/aromatic N) is 2. The average molecular weight is 327 g/mol. The average Bonchev–Trinajstić information content (AvgIpc) is 2.54. The molecule has 24 heavy (non-hydrogen) atoms. The molecule has 0 radical (unpaired) electrons. The Bertz CT molecular complexity index is 744. The molecule has 0 spiro atoms. The van der Waals surface area contributed by atoms with Crippen LogP contribution in [0.5, 0.6) is 0 Å². The van der Waals surface area contributed by atoms with Crippen molar-refractivity contribution in [3.8, 4) is 0 Å². The molecule has 2 aromatic carbocycles. The number of nitrogens with two attached hydrogens (primary N) is 1. The molecule has 2 N–H and O–H groups in total. The fourth-order valence-corrected chi connectivity index (χ4v) is 3.04. The molecular formula is C19H25N3O2. The van der Waals surface area contributed by atoms with Crippen molar-refractivity contribution >= 4 is 28.2 Å². The maximum Gasteiger partial charge on any atom is 0.410 e. The molecule has 0 aliphatic carbocycles. The third kappa shape index (κ3) is 3.40. The van der Waals surface area contributed by atoms with Gasteiger partial charge in [-0.05, 0) is 32.9 Å². The zero-order valence-electron chi connectivity index (χ0n) is 14.6. The van der Waals surface area contributed by atoms with Crippen LogP contribution in [-0.2, 0) is 4.74 Å². The van der Waals surface area contributed by atoms with E-state index in [1.165, 1.54) is 5.69 Å². The van der Waals surface area contributed by atoms with Gasteiger partial charge < -0.3 is 20.3 Å². The lowest BCUT2D eigenvalue weighted by atomic mass is 10.1. The van der Waals surface area contributed by atoms with Crippen molar-refractivity contribution in [2.24, 2.45) is 0 Å². The molecular weight excluding hydrogens is 302 g/mol. The molecule has 0 unspecified atom stereocenters. The number of carbonyl (C=O) groups is 1. The van der Waals surface area contributed by atoms with E-state index in [0.717, 1.165) is 29.5 Å². The highest BCUT2D eigenvalue weighted by Crippen LogP contribution is 2.31. The number of fused-ring (bicyclic) bond motifs is 1. The van der Waals surface area contributed by atoms with Crippen LogP contribution in [0, 0.1) is 0 Å². The van der Waals surface area contributed by atoms with Crippen molar-refractivity contribution in [3.63, 3.8) is 0 Å². The second-order valence-electron chi connectivity index (χ2n) is 7.17. The minimum Gasteiger partial charge on any atom is -0.444 e.